The maximum absolute atomic E-state index is 11.6. The minimum atomic E-state index is 0.0253. The van der Waals surface area contributed by atoms with Gasteiger partial charge in [-0.2, -0.15) is 0 Å². The van der Waals surface area contributed by atoms with Crippen LogP contribution >= 0.6 is 0 Å². The van der Waals surface area contributed by atoms with Crippen LogP contribution in [0.3, 0.4) is 0 Å². The van der Waals surface area contributed by atoms with Crippen molar-refractivity contribution in [2.45, 2.75) is 6.92 Å². The summed E-state index contributed by atoms with van der Waals surface area (Å²) in [6.07, 6.45) is 0. The lowest BCUT2D eigenvalue weighted by molar-refractivity contribution is -0.125. The predicted molar refractivity (Wildman–Crippen MR) is 56.4 cm³/mol. The molecule has 1 heterocycles. The monoisotopic (exact) mass is 216 g/mol. The molecule has 0 saturated carbocycles. The molecule has 0 aromatic carbocycles. The van der Waals surface area contributed by atoms with Gasteiger partial charge in [-0.1, -0.05) is 6.92 Å². The fraction of sp³-hybridized carbons (Fsp3) is 0.900. The number of carbonyl (C=O) groups excluding carboxylic acids is 1. The zero-order valence-corrected chi connectivity index (χ0v) is 9.16. The zero-order chi connectivity index (χ0) is 11.1. The lowest BCUT2D eigenvalue weighted by atomic mass is 9.97. The molecular formula is C10H20N2O3. The molecule has 0 aliphatic carbocycles. The van der Waals surface area contributed by atoms with E-state index in [-0.39, 0.29) is 18.4 Å². The number of hydrogen-bond acceptors (Lipinski definition) is 4. The van der Waals surface area contributed by atoms with Crippen LogP contribution in [-0.4, -0.2) is 50.5 Å². The second kappa shape index (κ2) is 6.76. The van der Waals surface area contributed by atoms with Crippen LogP contribution in [0.2, 0.25) is 0 Å². The van der Waals surface area contributed by atoms with E-state index in [0.717, 1.165) is 13.1 Å². The van der Waals surface area contributed by atoms with E-state index in [4.69, 9.17) is 9.84 Å². The number of aliphatic hydroxyl groups excluding tert-OH is 1. The lowest BCUT2D eigenvalue weighted by Gasteiger charge is -2.13. The van der Waals surface area contributed by atoms with Crippen LogP contribution in [0.1, 0.15) is 6.92 Å². The molecule has 1 fully saturated rings. The van der Waals surface area contributed by atoms with E-state index in [2.05, 4.69) is 17.6 Å². The van der Waals surface area contributed by atoms with Gasteiger partial charge in [-0.25, -0.2) is 0 Å². The summed E-state index contributed by atoms with van der Waals surface area (Å²) in [5, 5.41) is 14.5. The largest absolute Gasteiger partial charge is 0.394 e. The van der Waals surface area contributed by atoms with Gasteiger partial charge in [0.15, 0.2) is 0 Å². The molecule has 1 aliphatic rings. The SMILES string of the molecule is CC1CNCC1C(=O)NCCOCCO. The van der Waals surface area contributed by atoms with Crippen molar-refractivity contribution in [3.63, 3.8) is 0 Å². The second-order valence-electron chi connectivity index (χ2n) is 3.87. The molecule has 2 atom stereocenters. The number of rotatable bonds is 6. The van der Waals surface area contributed by atoms with Crippen molar-refractivity contribution < 1.29 is 14.6 Å². The van der Waals surface area contributed by atoms with Gasteiger partial charge in [0.25, 0.3) is 0 Å². The summed E-state index contributed by atoms with van der Waals surface area (Å²) >= 11 is 0. The van der Waals surface area contributed by atoms with Gasteiger partial charge in [0, 0.05) is 13.1 Å². The Labute approximate surface area is 90.2 Å². The minimum Gasteiger partial charge on any atom is -0.394 e. The summed E-state index contributed by atoms with van der Waals surface area (Å²) < 4.78 is 5.04. The standard InChI is InChI=1S/C10H20N2O3/c1-8-6-11-7-9(8)10(14)12-2-4-15-5-3-13/h8-9,11,13H,2-7H2,1H3,(H,12,14). The van der Waals surface area contributed by atoms with E-state index in [1.165, 1.54) is 0 Å². The normalized spacial score (nSPS) is 25.5. The van der Waals surface area contributed by atoms with Crippen molar-refractivity contribution in [2.75, 3.05) is 39.5 Å². The van der Waals surface area contributed by atoms with E-state index >= 15 is 0 Å². The second-order valence-corrected chi connectivity index (χ2v) is 3.87. The Balaban J connectivity index is 2.08. The van der Waals surface area contributed by atoms with Gasteiger partial charge in [0.05, 0.1) is 25.7 Å². The Morgan fingerprint density at radius 1 is 1.53 bits per heavy atom. The molecular weight excluding hydrogens is 196 g/mol. The van der Waals surface area contributed by atoms with E-state index < -0.39 is 0 Å². The topological polar surface area (TPSA) is 70.6 Å². The third-order valence-electron chi connectivity index (χ3n) is 2.64. The van der Waals surface area contributed by atoms with Crippen molar-refractivity contribution in [3.8, 4) is 0 Å². The molecule has 1 saturated heterocycles. The Bertz CT molecular complexity index is 199. The van der Waals surface area contributed by atoms with Crippen LogP contribution in [0, 0.1) is 11.8 Å². The first-order valence-electron chi connectivity index (χ1n) is 5.42. The molecule has 0 aromatic rings. The molecule has 1 rings (SSSR count). The molecule has 3 N–H and O–H groups in total. The molecule has 0 radical (unpaired) electrons. The van der Waals surface area contributed by atoms with Gasteiger partial charge < -0.3 is 20.5 Å². The highest BCUT2D eigenvalue weighted by molar-refractivity contribution is 5.79. The molecule has 2 unspecified atom stereocenters. The van der Waals surface area contributed by atoms with Crippen LogP contribution in [0.15, 0.2) is 0 Å². The summed E-state index contributed by atoms with van der Waals surface area (Å²) in [6.45, 7) is 5.09. The Morgan fingerprint density at radius 3 is 2.93 bits per heavy atom. The number of nitrogens with one attached hydrogen (secondary N) is 2. The zero-order valence-electron chi connectivity index (χ0n) is 9.16. The molecule has 15 heavy (non-hydrogen) atoms. The summed E-state index contributed by atoms with van der Waals surface area (Å²) in [5.74, 6) is 0.589. The quantitative estimate of drug-likeness (QED) is 0.496. The van der Waals surface area contributed by atoms with Gasteiger partial charge in [-0.05, 0) is 12.5 Å². The molecule has 88 valence electrons. The summed E-state index contributed by atoms with van der Waals surface area (Å²) in [4.78, 5) is 11.6. The van der Waals surface area contributed by atoms with E-state index in [0.29, 0.717) is 25.7 Å². The van der Waals surface area contributed by atoms with Crippen LogP contribution < -0.4 is 10.6 Å². The van der Waals surface area contributed by atoms with Crippen molar-refractivity contribution in [1.29, 1.82) is 0 Å². The molecule has 0 bridgehead atoms. The molecule has 5 nitrogen and oxygen atoms in total. The highest BCUT2D eigenvalue weighted by atomic mass is 16.5. The Morgan fingerprint density at radius 2 is 2.33 bits per heavy atom. The summed E-state index contributed by atoms with van der Waals surface area (Å²) in [6, 6.07) is 0. The highest BCUT2D eigenvalue weighted by Crippen LogP contribution is 2.15. The maximum atomic E-state index is 11.6. The Hall–Kier alpha value is -0.650. The third kappa shape index (κ3) is 4.15. The Kier molecular flexibility index (Phi) is 5.60. The van der Waals surface area contributed by atoms with E-state index in [1.54, 1.807) is 0 Å². The van der Waals surface area contributed by atoms with Crippen molar-refractivity contribution >= 4 is 5.91 Å². The van der Waals surface area contributed by atoms with Crippen molar-refractivity contribution in [1.82, 2.24) is 10.6 Å². The first-order valence-corrected chi connectivity index (χ1v) is 5.42. The number of aliphatic hydroxyl groups is 1. The summed E-state index contributed by atoms with van der Waals surface area (Å²) in [5.41, 5.74) is 0. The molecule has 1 aliphatic heterocycles. The van der Waals surface area contributed by atoms with Crippen LogP contribution in [-0.2, 0) is 9.53 Å². The molecule has 0 aromatic heterocycles. The number of carbonyl (C=O) groups is 1. The van der Waals surface area contributed by atoms with Gasteiger partial charge in [0.2, 0.25) is 5.91 Å². The number of hydrogen-bond donors (Lipinski definition) is 3. The van der Waals surface area contributed by atoms with Gasteiger partial charge in [-0.3, -0.25) is 4.79 Å². The predicted octanol–water partition coefficient (Wildman–Crippen LogP) is -1.03. The van der Waals surface area contributed by atoms with Crippen LogP contribution in [0.25, 0.3) is 0 Å². The van der Waals surface area contributed by atoms with Crippen LogP contribution in [0.5, 0.6) is 0 Å². The first-order chi connectivity index (χ1) is 7.25. The van der Waals surface area contributed by atoms with Gasteiger partial charge >= 0.3 is 0 Å². The average molecular weight is 216 g/mol. The lowest BCUT2D eigenvalue weighted by Crippen LogP contribution is -2.36. The molecule has 1 amide bonds. The maximum Gasteiger partial charge on any atom is 0.224 e. The smallest absolute Gasteiger partial charge is 0.224 e. The molecule has 0 spiro atoms. The van der Waals surface area contributed by atoms with E-state index in [1.807, 2.05) is 0 Å². The first kappa shape index (κ1) is 12.4. The number of ether oxygens (including phenoxy) is 1. The van der Waals surface area contributed by atoms with Gasteiger partial charge in [-0.15, -0.1) is 0 Å². The average Bonchev–Trinajstić information content (AvgIpc) is 2.64. The summed E-state index contributed by atoms with van der Waals surface area (Å²) in [7, 11) is 0. The van der Waals surface area contributed by atoms with Crippen LogP contribution in [0.4, 0.5) is 0 Å². The van der Waals surface area contributed by atoms with Crippen molar-refractivity contribution in [2.24, 2.45) is 11.8 Å². The fourth-order valence-electron chi connectivity index (χ4n) is 1.71. The third-order valence-corrected chi connectivity index (χ3v) is 2.64. The number of amides is 1. The minimum absolute atomic E-state index is 0.0253. The fourth-order valence-corrected chi connectivity index (χ4v) is 1.71. The van der Waals surface area contributed by atoms with Crippen molar-refractivity contribution in [3.05, 3.63) is 0 Å². The van der Waals surface area contributed by atoms with Gasteiger partial charge in [0.1, 0.15) is 0 Å². The van der Waals surface area contributed by atoms with E-state index in [9.17, 15) is 4.79 Å². The highest BCUT2D eigenvalue weighted by Gasteiger charge is 2.28. The molecule has 5 heteroatoms.